The molecule has 5 heteroatoms. The van der Waals surface area contributed by atoms with E-state index in [4.69, 9.17) is 5.73 Å². The van der Waals surface area contributed by atoms with E-state index in [9.17, 15) is 9.59 Å². The van der Waals surface area contributed by atoms with Gasteiger partial charge in [0.2, 0.25) is 11.8 Å². The van der Waals surface area contributed by atoms with E-state index in [2.05, 4.69) is 5.32 Å². The Morgan fingerprint density at radius 2 is 2.10 bits per heavy atom. The van der Waals surface area contributed by atoms with E-state index in [1.165, 1.54) is 6.42 Å². The predicted molar refractivity (Wildman–Crippen MR) is 79.9 cm³/mol. The third kappa shape index (κ3) is 5.30. The summed E-state index contributed by atoms with van der Waals surface area (Å²) in [6.45, 7) is 2.16. The highest BCUT2D eigenvalue weighted by Gasteiger charge is 2.11. The normalized spacial score (nSPS) is 11.8. The number of nitrogens with one attached hydrogen (secondary N) is 1. The Morgan fingerprint density at radius 1 is 1.40 bits per heavy atom. The largest absolute Gasteiger partial charge is 0.378 e. The first kappa shape index (κ1) is 16.0. The van der Waals surface area contributed by atoms with Crippen molar-refractivity contribution in [1.29, 1.82) is 0 Å². The van der Waals surface area contributed by atoms with Crippen molar-refractivity contribution in [2.45, 2.75) is 19.9 Å². The molecule has 1 aromatic carbocycles. The molecule has 0 saturated heterocycles. The Kier molecular flexibility index (Phi) is 6.03. The molecule has 2 amide bonds. The summed E-state index contributed by atoms with van der Waals surface area (Å²) in [6.07, 6.45) is 1.82. The number of amides is 2. The van der Waals surface area contributed by atoms with Crippen LogP contribution in [0.5, 0.6) is 0 Å². The van der Waals surface area contributed by atoms with Crippen molar-refractivity contribution in [3.8, 4) is 0 Å². The molecule has 109 valence electrons. The summed E-state index contributed by atoms with van der Waals surface area (Å²) >= 11 is 0. The van der Waals surface area contributed by atoms with Crippen LogP contribution in [0.25, 0.3) is 0 Å². The first-order chi connectivity index (χ1) is 9.40. The molecule has 0 aliphatic carbocycles. The molecule has 0 saturated carbocycles. The summed E-state index contributed by atoms with van der Waals surface area (Å²) in [6, 6.07) is 7.94. The lowest BCUT2D eigenvalue weighted by Crippen LogP contribution is -2.26. The van der Waals surface area contributed by atoms with E-state index in [-0.39, 0.29) is 11.8 Å². The Balaban J connectivity index is 2.41. The van der Waals surface area contributed by atoms with Crippen LogP contribution in [0, 0.1) is 12.3 Å². The van der Waals surface area contributed by atoms with Gasteiger partial charge >= 0.3 is 0 Å². The highest BCUT2D eigenvalue weighted by atomic mass is 16.2. The molecular formula is C15H22N3O2. The lowest BCUT2D eigenvalue weighted by molar-refractivity contribution is -0.121. The van der Waals surface area contributed by atoms with E-state index in [0.717, 1.165) is 11.3 Å². The Bertz CT molecular complexity index is 472. The Hall–Kier alpha value is -2.04. The molecule has 5 nitrogen and oxygen atoms in total. The van der Waals surface area contributed by atoms with Crippen LogP contribution in [0.4, 0.5) is 5.69 Å². The number of rotatable bonds is 7. The summed E-state index contributed by atoms with van der Waals surface area (Å²) in [7, 11) is 3.94. The predicted octanol–water partition coefficient (Wildman–Crippen LogP) is 1.08. The van der Waals surface area contributed by atoms with Gasteiger partial charge in [-0.15, -0.1) is 0 Å². The number of nitrogens with zero attached hydrogens (tertiary/aromatic N) is 1. The van der Waals surface area contributed by atoms with Crippen LogP contribution in [0.2, 0.25) is 0 Å². The maximum Gasteiger partial charge on any atom is 0.224 e. The maximum atomic E-state index is 11.6. The van der Waals surface area contributed by atoms with Gasteiger partial charge < -0.3 is 16.0 Å². The number of anilines is 1. The second kappa shape index (κ2) is 7.53. The number of carbonyl (C=O) groups is 2. The number of carbonyl (C=O) groups excluding carboxylic acids is 2. The van der Waals surface area contributed by atoms with Crippen LogP contribution in [0.1, 0.15) is 18.9 Å². The molecule has 0 aliphatic rings. The van der Waals surface area contributed by atoms with Crippen molar-refractivity contribution in [2.75, 3.05) is 19.0 Å². The number of benzene rings is 1. The van der Waals surface area contributed by atoms with Gasteiger partial charge in [0.1, 0.15) is 0 Å². The zero-order valence-corrected chi connectivity index (χ0v) is 12.2. The van der Waals surface area contributed by atoms with Crippen molar-refractivity contribution < 1.29 is 9.59 Å². The fourth-order valence-electron chi connectivity index (χ4n) is 1.61. The van der Waals surface area contributed by atoms with Gasteiger partial charge in [0.25, 0.3) is 0 Å². The molecule has 0 spiro atoms. The minimum Gasteiger partial charge on any atom is -0.378 e. The first-order valence-electron chi connectivity index (χ1n) is 6.56. The lowest BCUT2D eigenvalue weighted by atomic mass is 10.1. The van der Waals surface area contributed by atoms with Gasteiger partial charge in [0.05, 0.1) is 6.42 Å². The van der Waals surface area contributed by atoms with Crippen molar-refractivity contribution in [1.82, 2.24) is 5.32 Å². The molecule has 0 heterocycles. The fraction of sp³-hybridized carbons (Fsp3) is 0.400. The number of nitrogens with two attached hydrogens (primary N) is 1. The quantitative estimate of drug-likeness (QED) is 0.782. The molecule has 0 aromatic heterocycles. The van der Waals surface area contributed by atoms with E-state index in [0.29, 0.717) is 13.0 Å². The Labute approximate surface area is 120 Å². The monoisotopic (exact) mass is 276 g/mol. The van der Waals surface area contributed by atoms with Gasteiger partial charge in [-0.3, -0.25) is 9.59 Å². The Morgan fingerprint density at radius 3 is 2.70 bits per heavy atom. The van der Waals surface area contributed by atoms with Crippen molar-refractivity contribution in [3.63, 3.8) is 0 Å². The lowest BCUT2D eigenvalue weighted by Gasteiger charge is -2.14. The van der Waals surface area contributed by atoms with Gasteiger partial charge in [-0.1, -0.05) is 19.1 Å². The van der Waals surface area contributed by atoms with Gasteiger partial charge in [-0.25, -0.2) is 0 Å². The third-order valence-corrected chi connectivity index (χ3v) is 3.04. The molecule has 1 aromatic rings. The molecular weight excluding hydrogens is 254 g/mol. The van der Waals surface area contributed by atoms with E-state index < -0.39 is 5.91 Å². The molecule has 1 radical (unpaired) electrons. The average Bonchev–Trinajstić information content (AvgIpc) is 2.42. The molecule has 0 bridgehead atoms. The molecule has 0 fully saturated rings. The third-order valence-electron chi connectivity index (χ3n) is 3.04. The summed E-state index contributed by atoms with van der Waals surface area (Å²) in [5.41, 5.74) is 7.25. The standard InChI is InChI=1S/C15H22N3O2/c1-11(15(16)20)7-8-14(19)17-10-12-5-4-6-13(9-12)18(2)3/h4-6,8-9,11H,7,10H2,1-3H3,(H2,16,20)(H,17,19)/t11-/m0/s1. The number of hydrogen-bond acceptors (Lipinski definition) is 3. The van der Waals surface area contributed by atoms with Crippen molar-refractivity contribution in [3.05, 3.63) is 36.2 Å². The van der Waals surface area contributed by atoms with Crippen LogP contribution >= 0.6 is 0 Å². The van der Waals surface area contributed by atoms with E-state index >= 15 is 0 Å². The first-order valence-corrected chi connectivity index (χ1v) is 6.56. The van der Waals surface area contributed by atoms with Gasteiger partial charge in [0, 0.05) is 32.2 Å². The number of hydrogen-bond donors (Lipinski definition) is 2. The molecule has 1 atom stereocenters. The molecule has 3 N–H and O–H groups in total. The highest BCUT2D eigenvalue weighted by molar-refractivity contribution is 5.85. The van der Waals surface area contributed by atoms with Crippen LogP contribution in [0.3, 0.4) is 0 Å². The summed E-state index contributed by atoms with van der Waals surface area (Å²) in [5.74, 6) is -0.904. The smallest absolute Gasteiger partial charge is 0.224 e. The second-order valence-corrected chi connectivity index (χ2v) is 5.03. The summed E-state index contributed by atoms with van der Waals surface area (Å²) in [4.78, 5) is 24.5. The summed E-state index contributed by atoms with van der Waals surface area (Å²) < 4.78 is 0. The molecule has 0 unspecified atom stereocenters. The zero-order valence-electron chi connectivity index (χ0n) is 12.2. The number of primary amides is 1. The minimum absolute atomic E-state index is 0.187. The van der Waals surface area contributed by atoms with E-state index in [1.807, 2.05) is 43.3 Å². The van der Waals surface area contributed by atoms with Crippen LogP contribution in [0.15, 0.2) is 24.3 Å². The van der Waals surface area contributed by atoms with Gasteiger partial charge in [0.15, 0.2) is 0 Å². The van der Waals surface area contributed by atoms with E-state index in [1.54, 1.807) is 6.92 Å². The SMILES string of the molecule is C[C@@H](C[CH]C(=O)NCc1cccc(N(C)C)c1)C(N)=O. The van der Waals surface area contributed by atoms with Crippen molar-refractivity contribution in [2.24, 2.45) is 11.7 Å². The van der Waals surface area contributed by atoms with Crippen LogP contribution < -0.4 is 16.0 Å². The zero-order chi connectivity index (χ0) is 15.1. The fourth-order valence-corrected chi connectivity index (χ4v) is 1.61. The van der Waals surface area contributed by atoms with Crippen LogP contribution in [-0.2, 0) is 16.1 Å². The minimum atomic E-state index is -0.396. The summed E-state index contributed by atoms with van der Waals surface area (Å²) in [5, 5.41) is 2.79. The topological polar surface area (TPSA) is 75.4 Å². The van der Waals surface area contributed by atoms with Gasteiger partial charge in [-0.2, -0.15) is 0 Å². The highest BCUT2D eigenvalue weighted by Crippen LogP contribution is 2.13. The average molecular weight is 276 g/mol. The van der Waals surface area contributed by atoms with Crippen molar-refractivity contribution >= 4 is 17.5 Å². The van der Waals surface area contributed by atoms with Gasteiger partial charge in [-0.05, 0) is 24.1 Å². The maximum absolute atomic E-state index is 11.6. The molecule has 0 aliphatic heterocycles. The molecule has 1 rings (SSSR count). The molecule has 20 heavy (non-hydrogen) atoms. The van der Waals surface area contributed by atoms with Crippen LogP contribution in [-0.4, -0.2) is 25.9 Å². The second-order valence-electron chi connectivity index (χ2n) is 5.03.